The van der Waals surface area contributed by atoms with Gasteiger partial charge in [0.25, 0.3) is 0 Å². The van der Waals surface area contributed by atoms with E-state index in [2.05, 4.69) is 52.0 Å². The molecule has 0 saturated carbocycles. The van der Waals surface area contributed by atoms with Crippen LogP contribution in [0.2, 0.25) is 0 Å². The summed E-state index contributed by atoms with van der Waals surface area (Å²) >= 11 is 0. The zero-order valence-electron chi connectivity index (χ0n) is 11.7. The van der Waals surface area contributed by atoms with E-state index < -0.39 is 0 Å². The Labute approximate surface area is 106 Å². The third kappa shape index (κ3) is 4.91. The maximum atomic E-state index is 5.82. The maximum Gasteiger partial charge on any atom is 0.0587 e. The van der Waals surface area contributed by atoms with Gasteiger partial charge in [-0.25, -0.2) is 0 Å². The van der Waals surface area contributed by atoms with Crippen molar-refractivity contribution < 1.29 is 4.74 Å². The Morgan fingerprint density at radius 2 is 1.82 bits per heavy atom. The number of hydrogen-bond acceptors (Lipinski definition) is 1. The molecule has 0 saturated heterocycles. The zero-order chi connectivity index (χ0) is 12.7. The van der Waals surface area contributed by atoms with Crippen LogP contribution in [0.5, 0.6) is 0 Å². The number of hydrogen-bond donors (Lipinski definition) is 0. The molecule has 0 aromatic heterocycles. The predicted molar refractivity (Wildman–Crippen MR) is 74.6 cm³/mol. The van der Waals surface area contributed by atoms with Crippen LogP contribution < -0.4 is 0 Å². The van der Waals surface area contributed by atoms with E-state index in [0.717, 1.165) is 19.4 Å². The lowest BCUT2D eigenvalue weighted by Crippen LogP contribution is -2.14. The molecule has 0 heterocycles. The van der Waals surface area contributed by atoms with Crippen molar-refractivity contribution in [2.75, 3.05) is 6.61 Å². The summed E-state index contributed by atoms with van der Waals surface area (Å²) < 4.78 is 5.82. The fourth-order valence-corrected chi connectivity index (χ4v) is 2.08. The van der Waals surface area contributed by atoms with Gasteiger partial charge in [-0.15, -0.1) is 0 Å². The quantitative estimate of drug-likeness (QED) is 0.628. The Morgan fingerprint density at radius 3 is 2.47 bits per heavy atom. The van der Waals surface area contributed by atoms with Crippen molar-refractivity contribution in [2.24, 2.45) is 0 Å². The number of unbranched alkanes of at least 4 members (excludes halogenated alkanes) is 1. The first-order valence-electron chi connectivity index (χ1n) is 6.84. The molecule has 0 spiro atoms. The lowest BCUT2D eigenvalue weighted by Gasteiger charge is -2.17. The van der Waals surface area contributed by atoms with E-state index >= 15 is 0 Å². The van der Waals surface area contributed by atoms with Crippen molar-refractivity contribution in [3.63, 3.8) is 0 Å². The van der Waals surface area contributed by atoms with Crippen LogP contribution in [-0.4, -0.2) is 12.7 Å². The van der Waals surface area contributed by atoms with Crippen LogP contribution in [0.15, 0.2) is 24.3 Å². The van der Waals surface area contributed by atoms with Crippen molar-refractivity contribution in [1.29, 1.82) is 0 Å². The molecule has 17 heavy (non-hydrogen) atoms. The first-order valence-corrected chi connectivity index (χ1v) is 6.84. The highest BCUT2D eigenvalue weighted by Crippen LogP contribution is 2.21. The Morgan fingerprint density at radius 1 is 1.12 bits per heavy atom. The minimum Gasteiger partial charge on any atom is -0.378 e. The molecule has 0 bridgehead atoms. The second kappa shape index (κ2) is 7.50. The van der Waals surface area contributed by atoms with Crippen molar-refractivity contribution in [3.05, 3.63) is 35.4 Å². The van der Waals surface area contributed by atoms with Crippen LogP contribution in [0, 0.1) is 0 Å². The highest BCUT2D eigenvalue weighted by molar-refractivity contribution is 5.30. The molecule has 0 radical (unpaired) electrons. The molecular formula is C16H26O. The largest absolute Gasteiger partial charge is 0.378 e. The van der Waals surface area contributed by atoms with Crippen molar-refractivity contribution in [2.45, 2.75) is 59.0 Å². The molecule has 1 nitrogen and oxygen atoms in total. The molecule has 0 N–H and O–H groups in total. The third-order valence-corrected chi connectivity index (χ3v) is 3.08. The molecule has 1 atom stereocenters. The summed E-state index contributed by atoms with van der Waals surface area (Å²) in [6.07, 6.45) is 3.71. The molecule has 0 aliphatic heterocycles. The minimum absolute atomic E-state index is 0.321. The monoisotopic (exact) mass is 234 g/mol. The average molecular weight is 234 g/mol. The number of rotatable bonds is 7. The lowest BCUT2D eigenvalue weighted by molar-refractivity contribution is 0.0642. The molecule has 96 valence electrons. The maximum absolute atomic E-state index is 5.82. The summed E-state index contributed by atoms with van der Waals surface area (Å²) in [5.74, 6) is 0.592. The lowest BCUT2D eigenvalue weighted by atomic mass is 9.94. The fourth-order valence-electron chi connectivity index (χ4n) is 2.08. The van der Waals surface area contributed by atoms with Crippen LogP contribution in [0.25, 0.3) is 0 Å². The molecule has 1 rings (SSSR count). The van der Waals surface area contributed by atoms with Gasteiger partial charge >= 0.3 is 0 Å². The molecule has 0 aliphatic rings. The summed E-state index contributed by atoms with van der Waals surface area (Å²) in [5.41, 5.74) is 2.89. The van der Waals surface area contributed by atoms with Gasteiger partial charge < -0.3 is 4.74 Å². The van der Waals surface area contributed by atoms with E-state index in [-0.39, 0.29) is 0 Å². The highest BCUT2D eigenvalue weighted by atomic mass is 16.5. The molecule has 1 aromatic carbocycles. The van der Waals surface area contributed by atoms with Crippen molar-refractivity contribution >= 4 is 0 Å². The Hall–Kier alpha value is -0.820. The average Bonchev–Trinajstić information content (AvgIpc) is 2.29. The summed E-state index contributed by atoms with van der Waals surface area (Å²) in [5, 5.41) is 0. The SMILES string of the molecule is CCCCOC(C)Cc1ccccc1C(C)C. The van der Waals surface area contributed by atoms with Crippen LogP contribution in [0.1, 0.15) is 57.6 Å². The molecule has 1 aromatic rings. The van der Waals surface area contributed by atoms with Crippen LogP contribution in [0.3, 0.4) is 0 Å². The molecule has 1 heteroatoms. The van der Waals surface area contributed by atoms with E-state index in [1.165, 1.54) is 17.5 Å². The van der Waals surface area contributed by atoms with Gasteiger partial charge in [-0.3, -0.25) is 0 Å². The summed E-state index contributed by atoms with van der Waals surface area (Å²) in [6.45, 7) is 9.76. The van der Waals surface area contributed by atoms with E-state index in [1.54, 1.807) is 0 Å². The molecule has 0 amide bonds. The molecular weight excluding hydrogens is 208 g/mol. The van der Waals surface area contributed by atoms with E-state index in [0.29, 0.717) is 12.0 Å². The Balaban J connectivity index is 2.55. The number of ether oxygens (including phenoxy) is 1. The normalized spacial score (nSPS) is 13.0. The van der Waals surface area contributed by atoms with Gasteiger partial charge in [0.2, 0.25) is 0 Å². The topological polar surface area (TPSA) is 9.23 Å². The highest BCUT2D eigenvalue weighted by Gasteiger charge is 2.09. The summed E-state index contributed by atoms with van der Waals surface area (Å²) in [6, 6.07) is 8.72. The molecule has 0 fully saturated rings. The van der Waals surface area contributed by atoms with E-state index in [1.807, 2.05) is 0 Å². The van der Waals surface area contributed by atoms with Gasteiger partial charge in [-0.05, 0) is 36.8 Å². The van der Waals surface area contributed by atoms with E-state index in [9.17, 15) is 0 Å². The van der Waals surface area contributed by atoms with Gasteiger partial charge in [0.15, 0.2) is 0 Å². The van der Waals surface area contributed by atoms with Crippen molar-refractivity contribution in [1.82, 2.24) is 0 Å². The van der Waals surface area contributed by atoms with E-state index in [4.69, 9.17) is 4.74 Å². The fraction of sp³-hybridized carbons (Fsp3) is 0.625. The second-order valence-electron chi connectivity index (χ2n) is 5.09. The second-order valence-corrected chi connectivity index (χ2v) is 5.09. The van der Waals surface area contributed by atoms with Gasteiger partial charge in [0.05, 0.1) is 6.10 Å². The smallest absolute Gasteiger partial charge is 0.0587 e. The Bertz CT molecular complexity index is 317. The third-order valence-electron chi connectivity index (χ3n) is 3.08. The zero-order valence-corrected chi connectivity index (χ0v) is 11.7. The first kappa shape index (κ1) is 14.2. The molecule has 0 aliphatic carbocycles. The minimum atomic E-state index is 0.321. The standard InChI is InChI=1S/C16H26O/c1-5-6-11-17-14(4)12-15-9-7-8-10-16(15)13(2)3/h7-10,13-14H,5-6,11-12H2,1-4H3. The van der Waals surface area contributed by atoms with Crippen LogP contribution in [-0.2, 0) is 11.2 Å². The van der Waals surface area contributed by atoms with Gasteiger partial charge in [-0.1, -0.05) is 51.5 Å². The van der Waals surface area contributed by atoms with Gasteiger partial charge in [-0.2, -0.15) is 0 Å². The first-order chi connectivity index (χ1) is 8.15. The van der Waals surface area contributed by atoms with Crippen molar-refractivity contribution in [3.8, 4) is 0 Å². The number of benzene rings is 1. The van der Waals surface area contributed by atoms with Gasteiger partial charge in [0, 0.05) is 6.61 Å². The van der Waals surface area contributed by atoms with Crippen LogP contribution >= 0.6 is 0 Å². The van der Waals surface area contributed by atoms with Gasteiger partial charge in [0.1, 0.15) is 0 Å². The predicted octanol–water partition coefficient (Wildman–Crippen LogP) is 4.56. The Kier molecular flexibility index (Phi) is 6.28. The van der Waals surface area contributed by atoms with Crippen LogP contribution in [0.4, 0.5) is 0 Å². The summed E-state index contributed by atoms with van der Waals surface area (Å²) in [7, 11) is 0. The molecule has 1 unspecified atom stereocenters. The summed E-state index contributed by atoms with van der Waals surface area (Å²) in [4.78, 5) is 0.